The van der Waals surface area contributed by atoms with Crippen LogP contribution in [0.2, 0.25) is 0 Å². The van der Waals surface area contributed by atoms with Crippen LogP contribution in [0.15, 0.2) is 53.6 Å². The van der Waals surface area contributed by atoms with Crippen molar-refractivity contribution in [3.63, 3.8) is 0 Å². The molecule has 0 saturated carbocycles. The van der Waals surface area contributed by atoms with Crippen LogP contribution in [0.3, 0.4) is 0 Å². The maximum absolute atomic E-state index is 13.1. The Kier molecular flexibility index (Phi) is 7.04. The highest BCUT2D eigenvalue weighted by Crippen LogP contribution is 2.44. The first-order valence-corrected chi connectivity index (χ1v) is 13.2. The van der Waals surface area contributed by atoms with Gasteiger partial charge in [0.1, 0.15) is 6.61 Å². The van der Waals surface area contributed by atoms with Gasteiger partial charge in [0.15, 0.2) is 0 Å². The molecule has 1 heterocycles. The maximum atomic E-state index is 13.1. The van der Waals surface area contributed by atoms with Crippen molar-refractivity contribution in [2.24, 2.45) is 5.11 Å². The van der Waals surface area contributed by atoms with Crippen LogP contribution in [0.5, 0.6) is 0 Å². The molecule has 1 saturated heterocycles. The number of azide groups is 1. The van der Waals surface area contributed by atoms with Gasteiger partial charge in [-0.25, -0.2) is 4.79 Å². The highest BCUT2D eigenvalue weighted by atomic mass is 32.1. The Morgan fingerprint density at radius 1 is 0.973 bits per heavy atom. The number of hydrogen-bond donors (Lipinski definition) is 1. The third-order valence-corrected chi connectivity index (χ3v) is 8.14. The Morgan fingerprint density at radius 2 is 1.57 bits per heavy atom. The number of nitrogens with zero attached hydrogens (tertiary/aromatic N) is 5. The number of carbonyl (C=O) groups is 1. The van der Waals surface area contributed by atoms with Gasteiger partial charge in [-0.05, 0) is 70.8 Å². The topological polar surface area (TPSA) is 81.5 Å². The van der Waals surface area contributed by atoms with E-state index in [0.717, 1.165) is 27.9 Å². The van der Waals surface area contributed by atoms with Crippen LogP contribution < -0.4 is 4.90 Å². The molecule has 8 heteroatoms. The largest absolute Gasteiger partial charge is 0.448 e. The van der Waals surface area contributed by atoms with E-state index in [2.05, 4.69) is 70.9 Å². The lowest BCUT2D eigenvalue weighted by molar-refractivity contribution is 0.0977. The van der Waals surface area contributed by atoms with Crippen molar-refractivity contribution in [1.82, 2.24) is 4.90 Å². The number of hydrogen-bond acceptors (Lipinski definition) is 5. The van der Waals surface area contributed by atoms with Gasteiger partial charge in [0.05, 0.1) is 0 Å². The maximum Gasteiger partial charge on any atom is 0.409 e. The van der Waals surface area contributed by atoms with E-state index in [-0.39, 0.29) is 12.0 Å². The first kappa shape index (κ1) is 25.1. The molecule has 7 nitrogen and oxygen atoms in total. The van der Waals surface area contributed by atoms with Gasteiger partial charge < -0.3 is 14.5 Å². The zero-order valence-electron chi connectivity index (χ0n) is 21.4. The second-order valence-electron chi connectivity index (χ2n) is 9.68. The summed E-state index contributed by atoms with van der Waals surface area (Å²) in [7, 11) is 0. The minimum atomic E-state index is -0.273. The molecule has 0 spiro atoms. The van der Waals surface area contributed by atoms with Crippen molar-refractivity contribution in [3.8, 4) is 11.1 Å². The molecule has 3 aromatic rings. The number of ether oxygens (including phenoxy) is 1. The van der Waals surface area contributed by atoms with E-state index < -0.39 is 0 Å². The second kappa shape index (κ2) is 10.4. The van der Waals surface area contributed by atoms with E-state index in [1.54, 1.807) is 4.90 Å². The van der Waals surface area contributed by atoms with E-state index in [9.17, 15) is 4.79 Å². The Hall–Kier alpha value is -3.61. The number of thiol groups is 1. The fourth-order valence-corrected chi connectivity index (χ4v) is 6.42. The SMILES string of the molecule is Cc1c(CS)c(C)c(N2CCN(C(=O)OCC3c4ccccc4-c4ccccc43)CC2)c(C)c1N=[N+]=[N-]. The predicted octanol–water partition coefficient (Wildman–Crippen LogP) is 7.05. The molecular formula is C29H31N5O2S. The lowest BCUT2D eigenvalue weighted by atomic mass is 9.95. The summed E-state index contributed by atoms with van der Waals surface area (Å²) in [5.74, 6) is 0.618. The summed E-state index contributed by atoms with van der Waals surface area (Å²) >= 11 is 4.52. The fourth-order valence-electron chi connectivity index (χ4n) is 5.95. The first-order valence-electron chi connectivity index (χ1n) is 12.6. The third-order valence-electron chi connectivity index (χ3n) is 7.82. The van der Waals surface area contributed by atoms with Gasteiger partial charge in [0.25, 0.3) is 0 Å². The Balaban J connectivity index is 1.28. The zero-order valence-corrected chi connectivity index (χ0v) is 22.3. The molecule has 0 aromatic heterocycles. The second-order valence-corrected chi connectivity index (χ2v) is 9.99. The van der Waals surface area contributed by atoms with Crippen molar-refractivity contribution in [3.05, 3.63) is 92.4 Å². The molecule has 1 fully saturated rings. The molecule has 0 unspecified atom stereocenters. The van der Waals surface area contributed by atoms with Crippen molar-refractivity contribution in [2.45, 2.75) is 32.4 Å². The van der Waals surface area contributed by atoms with Crippen molar-refractivity contribution >= 4 is 30.1 Å². The predicted molar refractivity (Wildman–Crippen MR) is 151 cm³/mol. The first-order chi connectivity index (χ1) is 18.0. The van der Waals surface area contributed by atoms with Crippen LogP contribution in [0.4, 0.5) is 16.2 Å². The zero-order chi connectivity index (χ0) is 26.1. The van der Waals surface area contributed by atoms with E-state index in [1.165, 1.54) is 22.3 Å². The van der Waals surface area contributed by atoms with Crippen molar-refractivity contribution in [2.75, 3.05) is 37.7 Å². The summed E-state index contributed by atoms with van der Waals surface area (Å²) in [6, 6.07) is 16.7. The lowest BCUT2D eigenvalue weighted by Crippen LogP contribution is -2.49. The molecule has 1 amide bonds. The molecule has 2 aliphatic rings. The average Bonchev–Trinajstić information content (AvgIpc) is 3.24. The summed E-state index contributed by atoms with van der Waals surface area (Å²) in [5, 5.41) is 3.98. The van der Waals surface area contributed by atoms with Gasteiger partial charge in [-0.15, -0.1) is 0 Å². The van der Waals surface area contributed by atoms with E-state index in [4.69, 9.17) is 10.3 Å². The number of amides is 1. The van der Waals surface area contributed by atoms with Crippen LogP contribution in [0, 0.1) is 20.8 Å². The van der Waals surface area contributed by atoms with Crippen molar-refractivity contribution < 1.29 is 9.53 Å². The van der Waals surface area contributed by atoms with Gasteiger partial charge in [0.2, 0.25) is 0 Å². The van der Waals surface area contributed by atoms with Crippen LogP contribution in [0.1, 0.15) is 39.3 Å². The minimum absolute atomic E-state index is 0.0502. The van der Waals surface area contributed by atoms with Crippen molar-refractivity contribution in [1.29, 1.82) is 0 Å². The number of anilines is 1. The smallest absolute Gasteiger partial charge is 0.409 e. The van der Waals surface area contributed by atoms with Gasteiger partial charge in [-0.3, -0.25) is 0 Å². The summed E-state index contributed by atoms with van der Waals surface area (Å²) in [5.41, 5.74) is 19.9. The molecule has 1 aliphatic heterocycles. The number of piperazine rings is 1. The molecule has 0 atom stereocenters. The summed E-state index contributed by atoms with van der Waals surface area (Å²) in [6.07, 6.45) is -0.273. The molecule has 1 aliphatic carbocycles. The number of rotatable bonds is 5. The summed E-state index contributed by atoms with van der Waals surface area (Å²) in [6.45, 7) is 8.89. The van der Waals surface area contributed by atoms with Crippen LogP contribution in [-0.4, -0.2) is 43.8 Å². The lowest BCUT2D eigenvalue weighted by Gasteiger charge is -2.38. The van der Waals surface area contributed by atoms with E-state index >= 15 is 0 Å². The van der Waals surface area contributed by atoms with Gasteiger partial charge >= 0.3 is 6.09 Å². The molecule has 0 N–H and O–H groups in total. The summed E-state index contributed by atoms with van der Waals surface area (Å²) < 4.78 is 5.87. The molecular weight excluding hydrogens is 482 g/mol. The van der Waals surface area contributed by atoms with Crippen LogP contribution in [0.25, 0.3) is 21.6 Å². The highest BCUT2D eigenvalue weighted by Gasteiger charge is 2.31. The van der Waals surface area contributed by atoms with E-state index in [1.807, 2.05) is 26.0 Å². The normalized spacial score (nSPS) is 14.7. The molecule has 5 rings (SSSR count). The Labute approximate surface area is 223 Å². The van der Waals surface area contributed by atoms with Crippen LogP contribution >= 0.6 is 12.6 Å². The molecule has 37 heavy (non-hydrogen) atoms. The number of carbonyl (C=O) groups excluding carboxylic acids is 1. The van der Waals surface area contributed by atoms with E-state index in [0.29, 0.717) is 44.2 Å². The quantitative estimate of drug-likeness (QED) is 0.172. The number of fused-ring (bicyclic) bond motifs is 3. The average molecular weight is 514 g/mol. The monoisotopic (exact) mass is 513 g/mol. The molecule has 3 aromatic carbocycles. The molecule has 0 radical (unpaired) electrons. The van der Waals surface area contributed by atoms with Gasteiger partial charge in [-0.1, -0.05) is 53.6 Å². The fraction of sp³-hybridized carbons (Fsp3) is 0.345. The van der Waals surface area contributed by atoms with Crippen LogP contribution in [-0.2, 0) is 10.5 Å². The Morgan fingerprint density at radius 3 is 2.14 bits per heavy atom. The molecule has 190 valence electrons. The van der Waals surface area contributed by atoms with Gasteiger partial charge in [-0.2, -0.15) is 12.6 Å². The molecule has 0 bridgehead atoms. The van der Waals surface area contributed by atoms with Gasteiger partial charge in [0, 0.05) is 54.1 Å². The minimum Gasteiger partial charge on any atom is -0.448 e. The number of benzene rings is 3. The Bertz CT molecular complexity index is 1360. The highest BCUT2D eigenvalue weighted by molar-refractivity contribution is 7.79. The third kappa shape index (κ3) is 4.41. The summed E-state index contributed by atoms with van der Waals surface area (Å²) in [4.78, 5) is 20.2. The standard InChI is InChI=1S/C29H31N5O2S/c1-18-26(17-37)19(2)28(20(3)27(18)31-32-30)33-12-14-34(15-13-33)29(35)36-16-25-23-10-6-4-8-21(23)22-9-5-7-11-24(22)25/h4-11,25,37H,12-17H2,1-3H3.